The molecule has 0 unspecified atom stereocenters. The molecule has 0 aromatic carbocycles. The van der Waals surface area contributed by atoms with Crippen molar-refractivity contribution in [3.63, 3.8) is 0 Å². The largest absolute Gasteiger partial charge is 2.00 e. The quantitative estimate of drug-likeness (QED) is 0.262. The second kappa shape index (κ2) is 4.71. The van der Waals surface area contributed by atoms with Crippen LogP contribution < -0.4 is 0 Å². The van der Waals surface area contributed by atoms with E-state index in [1.165, 1.54) is 0 Å². The summed E-state index contributed by atoms with van der Waals surface area (Å²) in [5.74, 6) is 0. The summed E-state index contributed by atoms with van der Waals surface area (Å²) in [6, 6.07) is 0. The molecule has 2 N–H and O–H groups in total. The zero-order valence-corrected chi connectivity index (χ0v) is 12.7. The van der Waals surface area contributed by atoms with Crippen LogP contribution in [0.4, 0.5) is 0 Å². The molecule has 0 bridgehead atoms. The van der Waals surface area contributed by atoms with Gasteiger partial charge in [-0.15, -0.1) is 0 Å². The summed E-state index contributed by atoms with van der Waals surface area (Å²) in [5, 5.41) is 0. The van der Waals surface area contributed by atoms with Gasteiger partial charge < -0.3 is 0 Å². The summed E-state index contributed by atoms with van der Waals surface area (Å²) in [4.78, 5) is 0. The van der Waals surface area contributed by atoms with Crippen LogP contribution in [0.2, 0.25) is 0 Å². The predicted molar refractivity (Wildman–Crippen MR) is 59.6 cm³/mol. The normalized spacial score (nSPS) is 13.7. The van der Waals surface area contributed by atoms with Crippen molar-refractivity contribution in [2.45, 2.75) is 0.0925 Å². The molecular weight excluding hydrogens is 450 g/mol. The van der Waals surface area contributed by atoms with Gasteiger partial charge in [0.15, 0.2) is 0 Å². The van der Waals surface area contributed by atoms with Crippen molar-refractivity contribution in [1.82, 2.24) is 0 Å². The van der Waals surface area contributed by atoms with E-state index < -0.39 is 20.3 Å². The van der Waals surface area contributed by atoms with Gasteiger partial charge in [-0.3, -0.25) is 9.11 Å². The summed E-state index contributed by atoms with van der Waals surface area (Å²) < 4.78 is 55.2. The predicted octanol–water partition coefficient (Wildman–Crippen LogP) is -0.137. The van der Waals surface area contributed by atoms with Crippen molar-refractivity contribution in [3.05, 3.63) is 0 Å². The van der Waals surface area contributed by atoms with E-state index in [1.807, 2.05) is 0 Å². The minimum absolute atomic E-state index is 0. The van der Waals surface area contributed by atoms with Crippen molar-refractivity contribution in [2.75, 3.05) is 0 Å². The van der Waals surface area contributed by atoms with E-state index in [-0.39, 0.29) is 23.1 Å². The van der Waals surface area contributed by atoms with Gasteiger partial charge in [-0.2, -0.15) is 16.8 Å². The SMILES string of the molecule is O=S(=O)(O)C(I)(I)S(=O)(=O)O.[Mg+2]. The van der Waals surface area contributed by atoms with E-state index >= 15 is 0 Å². The monoisotopic (exact) mass is 452 g/mol. The van der Waals surface area contributed by atoms with Gasteiger partial charge in [0.2, 0.25) is 0 Å². The molecule has 0 aromatic rings. The Balaban J connectivity index is 0. The molecule has 68 valence electrons. The first-order chi connectivity index (χ1) is 4.50. The molecule has 0 aliphatic heterocycles. The van der Waals surface area contributed by atoms with Crippen molar-refractivity contribution < 1.29 is 25.9 Å². The number of halogens is 2. The molecule has 0 aromatic heterocycles. The fourth-order valence-electron chi connectivity index (χ4n) is 0.133. The maximum atomic E-state index is 10.3. The summed E-state index contributed by atoms with van der Waals surface area (Å²) in [5.41, 5.74) is 0. The van der Waals surface area contributed by atoms with Crippen LogP contribution >= 0.6 is 45.2 Å². The molecule has 0 amide bonds. The Hall–Kier alpha value is 2.05. The molecule has 0 aliphatic carbocycles. The zero-order valence-electron chi connectivity index (χ0n) is 5.31. The van der Waals surface area contributed by atoms with Crippen LogP contribution in [0.1, 0.15) is 0 Å². The van der Waals surface area contributed by atoms with E-state index in [2.05, 4.69) is 0 Å². The summed E-state index contributed by atoms with van der Waals surface area (Å²) in [7, 11) is -9.65. The van der Waals surface area contributed by atoms with Crippen LogP contribution in [0, 0.1) is 0 Å². The Morgan fingerprint density at radius 1 is 0.917 bits per heavy atom. The molecule has 6 nitrogen and oxygen atoms in total. The molecule has 0 heterocycles. The number of alkyl halides is 2. The Morgan fingerprint density at radius 2 is 1.08 bits per heavy atom. The van der Waals surface area contributed by atoms with Crippen LogP contribution in [0.3, 0.4) is 0 Å². The smallest absolute Gasteiger partial charge is 0.283 e. The Bertz CT molecular complexity index is 306. The van der Waals surface area contributed by atoms with E-state index in [0.717, 1.165) is 45.2 Å². The van der Waals surface area contributed by atoms with Gasteiger partial charge in [-0.05, 0) is 45.2 Å². The Kier molecular flexibility index (Phi) is 6.47. The first-order valence-electron chi connectivity index (χ1n) is 1.82. The molecule has 0 spiro atoms. The van der Waals surface area contributed by atoms with Crippen LogP contribution in [0.15, 0.2) is 0 Å². The standard InChI is InChI=1S/CH2I2O6S2.Mg/c2-1(3,10(4,5)6)11(7,8)9;/h(H,4,5,6)(H,7,8,9);/q;+2. The summed E-state index contributed by atoms with van der Waals surface area (Å²) >= 11 is 1.80. The third-order valence-corrected chi connectivity index (χ3v) is 9.74. The average molecular weight is 452 g/mol. The van der Waals surface area contributed by atoms with Gasteiger partial charge in [0.05, 0.1) is 0 Å². The minimum Gasteiger partial charge on any atom is -0.283 e. The number of hydrogen-bond donors (Lipinski definition) is 2. The van der Waals surface area contributed by atoms with Crippen molar-refractivity contribution in [3.8, 4) is 0 Å². The second-order valence-electron chi connectivity index (χ2n) is 1.41. The first kappa shape index (κ1) is 16.5. The van der Waals surface area contributed by atoms with Gasteiger partial charge in [0.1, 0.15) is 0 Å². The topological polar surface area (TPSA) is 109 Å². The first-order valence-corrected chi connectivity index (χ1v) is 6.86. The third-order valence-electron chi connectivity index (χ3n) is 0.601. The fraction of sp³-hybridized carbons (Fsp3) is 1.00. The molecule has 0 saturated carbocycles. The second-order valence-corrected chi connectivity index (χ2v) is 13.0. The van der Waals surface area contributed by atoms with E-state index in [0.29, 0.717) is 0 Å². The fourth-order valence-corrected chi connectivity index (χ4v) is 1.20. The maximum absolute atomic E-state index is 10.3. The zero-order chi connectivity index (χ0) is 9.50. The summed E-state index contributed by atoms with van der Waals surface area (Å²) in [6.45, 7) is 0. The molecule has 12 heavy (non-hydrogen) atoms. The van der Waals surface area contributed by atoms with E-state index in [4.69, 9.17) is 9.11 Å². The van der Waals surface area contributed by atoms with E-state index in [9.17, 15) is 16.8 Å². The van der Waals surface area contributed by atoms with Gasteiger partial charge in [0, 0.05) is 0 Å². The van der Waals surface area contributed by atoms with Crippen LogP contribution in [-0.4, -0.2) is 49.1 Å². The molecule has 0 rings (SSSR count). The number of rotatable bonds is 2. The van der Waals surface area contributed by atoms with Crippen LogP contribution in [0.25, 0.3) is 0 Å². The molecule has 0 radical (unpaired) electrons. The molecule has 0 atom stereocenters. The van der Waals surface area contributed by atoms with E-state index in [1.54, 1.807) is 0 Å². The average Bonchev–Trinajstić information content (AvgIpc) is 1.58. The molecule has 0 aliphatic rings. The Morgan fingerprint density at radius 3 is 1.08 bits per heavy atom. The van der Waals surface area contributed by atoms with Gasteiger partial charge >= 0.3 is 43.4 Å². The Labute approximate surface area is 113 Å². The molecule has 0 fully saturated rings. The molecule has 11 heteroatoms. The minimum atomic E-state index is -4.82. The molecular formula is CH2I2MgO6S2+2. The number of hydrogen-bond acceptors (Lipinski definition) is 4. The van der Waals surface area contributed by atoms with Crippen LogP contribution in [-0.2, 0) is 20.2 Å². The van der Waals surface area contributed by atoms with Gasteiger partial charge in [-0.1, -0.05) is 0 Å². The summed E-state index contributed by atoms with van der Waals surface area (Å²) in [6.07, 6.45) is 0. The van der Waals surface area contributed by atoms with Crippen molar-refractivity contribution in [1.29, 1.82) is 0 Å². The van der Waals surface area contributed by atoms with Crippen molar-refractivity contribution >= 4 is 88.5 Å². The van der Waals surface area contributed by atoms with Crippen molar-refractivity contribution in [2.24, 2.45) is 0 Å². The van der Waals surface area contributed by atoms with Crippen LogP contribution in [0.5, 0.6) is 0 Å². The van der Waals surface area contributed by atoms with Gasteiger partial charge in [0.25, 0.3) is 0 Å². The van der Waals surface area contributed by atoms with Gasteiger partial charge in [-0.25, -0.2) is 0 Å². The third kappa shape index (κ3) is 3.66. The molecule has 0 saturated heterocycles. The maximum Gasteiger partial charge on any atom is 2.00 e.